The third kappa shape index (κ3) is 7.26. The Morgan fingerprint density at radius 3 is 2.54 bits per heavy atom. The lowest BCUT2D eigenvalue weighted by molar-refractivity contribution is -0.127. The Morgan fingerprint density at radius 2 is 1.96 bits per heavy atom. The molecule has 0 aliphatic rings. The largest absolute Gasteiger partial charge is 0.445 e. The SMILES string of the molecule is C[C@@H](C#N)C[C@@H](NC(=O)CNC(=O)OCc1ccccc1)C(N)=O. The van der Waals surface area contributed by atoms with Crippen molar-refractivity contribution in [3.63, 3.8) is 0 Å². The van der Waals surface area contributed by atoms with Crippen molar-refractivity contribution in [2.75, 3.05) is 6.54 Å². The average molecular weight is 332 g/mol. The summed E-state index contributed by atoms with van der Waals surface area (Å²) in [5.74, 6) is -1.77. The first-order valence-electron chi connectivity index (χ1n) is 7.35. The third-order valence-electron chi connectivity index (χ3n) is 3.09. The molecule has 8 nitrogen and oxygen atoms in total. The number of hydrogen-bond acceptors (Lipinski definition) is 5. The van der Waals surface area contributed by atoms with Gasteiger partial charge in [0.1, 0.15) is 19.2 Å². The van der Waals surface area contributed by atoms with Crippen LogP contribution in [0.15, 0.2) is 30.3 Å². The first-order valence-corrected chi connectivity index (χ1v) is 7.35. The van der Waals surface area contributed by atoms with E-state index in [-0.39, 0.29) is 19.6 Å². The molecule has 0 fully saturated rings. The molecule has 1 rings (SSSR count). The first kappa shape index (κ1) is 19.0. The first-order chi connectivity index (χ1) is 11.4. The Balaban J connectivity index is 2.34. The number of carbonyl (C=O) groups excluding carboxylic acids is 3. The molecule has 1 aromatic rings. The molecule has 0 spiro atoms. The predicted octanol–water partition coefficient (Wildman–Crippen LogP) is 0.433. The van der Waals surface area contributed by atoms with E-state index in [4.69, 9.17) is 15.7 Å². The van der Waals surface area contributed by atoms with Crippen LogP contribution in [-0.4, -0.2) is 30.5 Å². The van der Waals surface area contributed by atoms with Crippen LogP contribution in [0.2, 0.25) is 0 Å². The van der Waals surface area contributed by atoms with Crippen molar-refractivity contribution in [2.24, 2.45) is 11.7 Å². The Kier molecular flexibility index (Phi) is 7.78. The molecule has 24 heavy (non-hydrogen) atoms. The summed E-state index contributed by atoms with van der Waals surface area (Å²) in [4.78, 5) is 34.5. The molecule has 0 saturated heterocycles. The van der Waals surface area contributed by atoms with Crippen LogP contribution in [0.3, 0.4) is 0 Å². The van der Waals surface area contributed by atoms with Gasteiger partial charge in [0.2, 0.25) is 11.8 Å². The van der Waals surface area contributed by atoms with Gasteiger partial charge in [-0.25, -0.2) is 4.79 Å². The van der Waals surface area contributed by atoms with Crippen LogP contribution in [0.5, 0.6) is 0 Å². The molecule has 0 aliphatic heterocycles. The molecule has 0 aliphatic carbocycles. The van der Waals surface area contributed by atoms with Crippen LogP contribution in [0.1, 0.15) is 18.9 Å². The quantitative estimate of drug-likeness (QED) is 0.634. The van der Waals surface area contributed by atoms with Crippen LogP contribution in [-0.2, 0) is 20.9 Å². The summed E-state index contributed by atoms with van der Waals surface area (Å²) in [6, 6.07) is 10.1. The summed E-state index contributed by atoms with van der Waals surface area (Å²) in [5.41, 5.74) is 6.00. The van der Waals surface area contributed by atoms with Crippen molar-refractivity contribution in [1.29, 1.82) is 5.26 Å². The summed E-state index contributed by atoms with van der Waals surface area (Å²) in [6.07, 6.45) is -0.647. The second-order valence-corrected chi connectivity index (χ2v) is 5.20. The minimum atomic E-state index is -0.964. The van der Waals surface area contributed by atoms with E-state index in [9.17, 15) is 14.4 Å². The summed E-state index contributed by atoms with van der Waals surface area (Å²) in [7, 11) is 0. The minimum Gasteiger partial charge on any atom is -0.445 e. The molecule has 2 atom stereocenters. The van der Waals surface area contributed by atoms with Crippen LogP contribution in [0, 0.1) is 17.2 Å². The number of amides is 3. The van der Waals surface area contributed by atoms with Gasteiger partial charge in [-0.05, 0) is 18.9 Å². The summed E-state index contributed by atoms with van der Waals surface area (Å²) < 4.78 is 4.95. The zero-order valence-corrected chi connectivity index (χ0v) is 13.3. The van der Waals surface area contributed by atoms with Gasteiger partial charge < -0.3 is 21.1 Å². The minimum absolute atomic E-state index is 0.0812. The second kappa shape index (κ2) is 9.84. The molecule has 128 valence electrons. The van der Waals surface area contributed by atoms with E-state index in [1.807, 2.05) is 24.3 Å². The normalized spacial score (nSPS) is 12.3. The molecule has 3 amide bonds. The number of rotatable bonds is 8. The Morgan fingerprint density at radius 1 is 1.29 bits per heavy atom. The van der Waals surface area contributed by atoms with E-state index < -0.39 is 29.9 Å². The number of carbonyl (C=O) groups is 3. The zero-order chi connectivity index (χ0) is 17.9. The van der Waals surface area contributed by atoms with Crippen molar-refractivity contribution < 1.29 is 19.1 Å². The monoisotopic (exact) mass is 332 g/mol. The van der Waals surface area contributed by atoms with Crippen LogP contribution in [0.25, 0.3) is 0 Å². The van der Waals surface area contributed by atoms with Gasteiger partial charge in [0.05, 0.1) is 6.07 Å². The van der Waals surface area contributed by atoms with Gasteiger partial charge in [-0.1, -0.05) is 30.3 Å². The fraction of sp³-hybridized carbons (Fsp3) is 0.375. The van der Waals surface area contributed by atoms with E-state index in [0.717, 1.165) is 5.56 Å². The van der Waals surface area contributed by atoms with E-state index in [0.29, 0.717) is 0 Å². The second-order valence-electron chi connectivity index (χ2n) is 5.20. The maximum Gasteiger partial charge on any atom is 0.407 e. The predicted molar refractivity (Wildman–Crippen MR) is 85.1 cm³/mol. The topological polar surface area (TPSA) is 134 Å². The van der Waals surface area contributed by atoms with Gasteiger partial charge >= 0.3 is 6.09 Å². The molecule has 0 bridgehead atoms. The smallest absolute Gasteiger partial charge is 0.407 e. The third-order valence-corrected chi connectivity index (χ3v) is 3.09. The van der Waals surface area contributed by atoms with Crippen molar-refractivity contribution >= 4 is 17.9 Å². The molecule has 4 N–H and O–H groups in total. The molecule has 0 aromatic heterocycles. The number of nitrogens with two attached hydrogens (primary N) is 1. The molecule has 1 aromatic carbocycles. The maximum atomic E-state index is 11.7. The molecule has 0 heterocycles. The van der Waals surface area contributed by atoms with E-state index >= 15 is 0 Å². The average Bonchev–Trinajstić information content (AvgIpc) is 2.58. The highest BCUT2D eigenvalue weighted by molar-refractivity contribution is 5.88. The highest BCUT2D eigenvalue weighted by Crippen LogP contribution is 2.04. The van der Waals surface area contributed by atoms with Gasteiger partial charge in [0, 0.05) is 5.92 Å². The van der Waals surface area contributed by atoms with Gasteiger partial charge in [0.25, 0.3) is 0 Å². The lowest BCUT2D eigenvalue weighted by atomic mass is 10.0. The summed E-state index contributed by atoms with van der Waals surface area (Å²) in [5, 5.41) is 13.4. The van der Waals surface area contributed by atoms with E-state index in [1.54, 1.807) is 19.1 Å². The molecule has 0 unspecified atom stereocenters. The number of ether oxygens (including phenoxy) is 1. The Hall–Kier alpha value is -3.08. The molecular weight excluding hydrogens is 312 g/mol. The number of benzene rings is 1. The van der Waals surface area contributed by atoms with E-state index in [1.165, 1.54) is 0 Å². The van der Waals surface area contributed by atoms with Crippen molar-refractivity contribution in [3.05, 3.63) is 35.9 Å². The maximum absolute atomic E-state index is 11.7. The summed E-state index contributed by atoms with van der Waals surface area (Å²) >= 11 is 0. The molecule has 0 saturated carbocycles. The van der Waals surface area contributed by atoms with Gasteiger partial charge in [0.15, 0.2) is 0 Å². The van der Waals surface area contributed by atoms with Crippen LogP contribution in [0.4, 0.5) is 4.79 Å². The number of hydrogen-bond donors (Lipinski definition) is 3. The molecule has 0 radical (unpaired) electrons. The van der Waals surface area contributed by atoms with Crippen molar-refractivity contribution in [2.45, 2.75) is 26.0 Å². The number of nitrogens with one attached hydrogen (secondary N) is 2. The number of nitriles is 1. The standard InChI is InChI=1S/C16H20N4O4/c1-11(8-17)7-13(15(18)22)20-14(21)9-19-16(23)24-10-12-5-3-2-4-6-12/h2-6,11,13H,7,9-10H2,1H3,(H2,18,22)(H,19,23)(H,20,21)/t11-,13-/m1/s1. The van der Waals surface area contributed by atoms with Gasteiger partial charge in [-0.3, -0.25) is 9.59 Å². The lowest BCUT2D eigenvalue weighted by Gasteiger charge is -2.16. The molecular formula is C16H20N4O4. The summed E-state index contributed by atoms with van der Waals surface area (Å²) in [6.45, 7) is 1.33. The number of primary amides is 1. The number of nitrogens with zero attached hydrogens (tertiary/aromatic N) is 1. The van der Waals surface area contributed by atoms with Crippen molar-refractivity contribution in [3.8, 4) is 6.07 Å². The lowest BCUT2D eigenvalue weighted by Crippen LogP contribution is -2.48. The molecule has 8 heteroatoms. The van der Waals surface area contributed by atoms with Crippen LogP contribution < -0.4 is 16.4 Å². The van der Waals surface area contributed by atoms with E-state index in [2.05, 4.69) is 10.6 Å². The highest BCUT2D eigenvalue weighted by atomic mass is 16.5. The Labute approximate surface area is 140 Å². The van der Waals surface area contributed by atoms with Crippen LogP contribution >= 0.6 is 0 Å². The van der Waals surface area contributed by atoms with Crippen molar-refractivity contribution in [1.82, 2.24) is 10.6 Å². The van der Waals surface area contributed by atoms with Gasteiger partial charge in [-0.2, -0.15) is 5.26 Å². The highest BCUT2D eigenvalue weighted by Gasteiger charge is 2.21. The van der Waals surface area contributed by atoms with Gasteiger partial charge in [-0.15, -0.1) is 0 Å². The number of alkyl carbamates (subject to hydrolysis) is 1. The fourth-order valence-electron chi connectivity index (χ4n) is 1.82. The zero-order valence-electron chi connectivity index (χ0n) is 13.3. The fourth-order valence-corrected chi connectivity index (χ4v) is 1.82. The Bertz CT molecular complexity index is 612.